The van der Waals surface area contributed by atoms with E-state index in [4.69, 9.17) is 0 Å². The van der Waals surface area contributed by atoms with Gasteiger partial charge >= 0.3 is 6.18 Å². The minimum atomic E-state index is -4.43. The van der Waals surface area contributed by atoms with Gasteiger partial charge in [0.25, 0.3) is 0 Å². The summed E-state index contributed by atoms with van der Waals surface area (Å²) in [5, 5.41) is 3.67. The fourth-order valence-corrected chi connectivity index (χ4v) is 2.55. The molecule has 3 rings (SSSR count). The summed E-state index contributed by atoms with van der Waals surface area (Å²) in [5.41, 5.74) is 2.88. The Morgan fingerprint density at radius 3 is 2.39 bits per heavy atom. The number of hydrogen-bond donors (Lipinski definition) is 1. The maximum absolute atomic E-state index is 13.1. The smallest absolute Gasteiger partial charge is 0.355 e. The molecule has 23 heavy (non-hydrogen) atoms. The highest BCUT2D eigenvalue weighted by atomic mass is 19.4. The number of benzene rings is 2. The first-order valence-electron chi connectivity index (χ1n) is 7.16. The molecule has 0 fully saturated rings. The molecule has 118 valence electrons. The summed E-state index contributed by atoms with van der Waals surface area (Å²) in [7, 11) is 0. The summed E-state index contributed by atoms with van der Waals surface area (Å²) in [6, 6.07) is 11.6. The molecule has 1 N–H and O–H groups in total. The zero-order chi connectivity index (χ0) is 16.6. The monoisotopic (exact) mass is 316 g/mol. The van der Waals surface area contributed by atoms with Crippen LogP contribution in [0.15, 0.2) is 48.7 Å². The van der Waals surface area contributed by atoms with Crippen LogP contribution in [-0.4, -0.2) is 4.98 Å². The van der Waals surface area contributed by atoms with E-state index >= 15 is 0 Å². The standard InChI is InChI=1S/C18H15F3N2/c1-11-5-3-8-15(12(11)2)23-16-9-10-22-17-13(16)6-4-7-14(17)18(19,20)21/h3-10H,1-2H3,(H,22,23). The van der Waals surface area contributed by atoms with Gasteiger partial charge < -0.3 is 5.32 Å². The Labute approximate surface area is 132 Å². The number of aryl methyl sites for hydroxylation is 1. The Morgan fingerprint density at radius 2 is 1.65 bits per heavy atom. The molecule has 0 aliphatic rings. The SMILES string of the molecule is Cc1cccc(Nc2ccnc3c(C(F)(F)F)cccc23)c1C. The fourth-order valence-electron chi connectivity index (χ4n) is 2.55. The predicted octanol–water partition coefficient (Wildman–Crippen LogP) is 5.61. The van der Waals surface area contributed by atoms with Crippen molar-refractivity contribution in [2.75, 3.05) is 5.32 Å². The lowest BCUT2D eigenvalue weighted by molar-refractivity contribution is -0.136. The van der Waals surface area contributed by atoms with Crippen LogP contribution < -0.4 is 5.32 Å². The lowest BCUT2D eigenvalue weighted by Gasteiger charge is -2.15. The molecule has 1 heterocycles. The van der Waals surface area contributed by atoms with Crippen molar-refractivity contribution < 1.29 is 13.2 Å². The molecular weight excluding hydrogens is 301 g/mol. The normalized spacial score (nSPS) is 11.7. The van der Waals surface area contributed by atoms with Crippen LogP contribution in [0.2, 0.25) is 0 Å². The molecule has 1 aromatic heterocycles. The quantitative estimate of drug-likeness (QED) is 0.664. The second-order valence-electron chi connectivity index (χ2n) is 5.43. The van der Waals surface area contributed by atoms with Gasteiger partial charge in [-0.1, -0.05) is 24.3 Å². The van der Waals surface area contributed by atoms with E-state index in [9.17, 15) is 13.2 Å². The summed E-state index contributed by atoms with van der Waals surface area (Å²) in [5.74, 6) is 0. The first kappa shape index (κ1) is 15.3. The van der Waals surface area contributed by atoms with E-state index in [0.29, 0.717) is 11.1 Å². The van der Waals surface area contributed by atoms with Gasteiger partial charge in [0, 0.05) is 23.0 Å². The van der Waals surface area contributed by atoms with Crippen molar-refractivity contribution in [2.45, 2.75) is 20.0 Å². The van der Waals surface area contributed by atoms with Gasteiger partial charge in [0.15, 0.2) is 0 Å². The van der Waals surface area contributed by atoms with Crippen LogP contribution in [0, 0.1) is 13.8 Å². The molecule has 2 nitrogen and oxygen atoms in total. The van der Waals surface area contributed by atoms with E-state index in [1.165, 1.54) is 12.3 Å². The first-order valence-corrected chi connectivity index (χ1v) is 7.16. The van der Waals surface area contributed by atoms with Crippen molar-refractivity contribution in [1.29, 1.82) is 0 Å². The van der Waals surface area contributed by atoms with Crippen LogP contribution in [0.1, 0.15) is 16.7 Å². The Kier molecular flexibility index (Phi) is 3.72. The van der Waals surface area contributed by atoms with Crippen molar-refractivity contribution in [2.24, 2.45) is 0 Å². The highest BCUT2D eigenvalue weighted by Crippen LogP contribution is 2.36. The first-order chi connectivity index (χ1) is 10.9. The second-order valence-corrected chi connectivity index (χ2v) is 5.43. The van der Waals surface area contributed by atoms with E-state index < -0.39 is 11.7 Å². The molecule has 0 spiro atoms. The molecule has 0 radical (unpaired) electrons. The van der Waals surface area contributed by atoms with Gasteiger partial charge in [0.05, 0.1) is 11.1 Å². The largest absolute Gasteiger partial charge is 0.418 e. The van der Waals surface area contributed by atoms with Crippen LogP contribution in [-0.2, 0) is 6.18 Å². The summed E-state index contributed by atoms with van der Waals surface area (Å²) in [4.78, 5) is 3.93. The number of hydrogen-bond acceptors (Lipinski definition) is 2. The number of halogens is 3. The van der Waals surface area contributed by atoms with Crippen molar-refractivity contribution >= 4 is 22.3 Å². The Hall–Kier alpha value is -2.56. The Balaban J connectivity index is 2.14. The maximum atomic E-state index is 13.1. The number of para-hydroxylation sites is 1. The molecule has 0 saturated carbocycles. The number of rotatable bonds is 2. The molecular formula is C18H15F3N2. The number of nitrogens with one attached hydrogen (secondary N) is 1. The number of alkyl halides is 3. The zero-order valence-corrected chi connectivity index (χ0v) is 12.7. The van der Waals surface area contributed by atoms with Gasteiger partial charge in [-0.25, -0.2) is 0 Å². The van der Waals surface area contributed by atoms with Gasteiger partial charge in [0.1, 0.15) is 0 Å². The summed E-state index contributed by atoms with van der Waals surface area (Å²) in [6.07, 6.45) is -3.03. The van der Waals surface area contributed by atoms with Crippen LogP contribution in [0.3, 0.4) is 0 Å². The van der Waals surface area contributed by atoms with E-state index in [-0.39, 0.29) is 5.52 Å². The van der Waals surface area contributed by atoms with E-state index in [2.05, 4.69) is 10.3 Å². The van der Waals surface area contributed by atoms with Crippen molar-refractivity contribution in [1.82, 2.24) is 4.98 Å². The average Bonchev–Trinajstić information content (AvgIpc) is 2.50. The minimum Gasteiger partial charge on any atom is -0.355 e. The average molecular weight is 316 g/mol. The highest BCUT2D eigenvalue weighted by Gasteiger charge is 2.33. The molecule has 0 unspecified atom stereocenters. The zero-order valence-electron chi connectivity index (χ0n) is 12.7. The molecule has 0 aliphatic carbocycles. The van der Waals surface area contributed by atoms with Crippen molar-refractivity contribution in [3.05, 3.63) is 65.4 Å². The summed E-state index contributed by atoms with van der Waals surface area (Å²) in [6.45, 7) is 3.97. The molecule has 5 heteroatoms. The molecule has 0 bridgehead atoms. The Morgan fingerprint density at radius 1 is 0.913 bits per heavy atom. The third-order valence-corrected chi connectivity index (χ3v) is 3.95. The topological polar surface area (TPSA) is 24.9 Å². The van der Waals surface area contributed by atoms with Crippen LogP contribution in [0.5, 0.6) is 0 Å². The van der Waals surface area contributed by atoms with Crippen LogP contribution in [0.25, 0.3) is 10.9 Å². The predicted molar refractivity (Wildman–Crippen MR) is 85.9 cm³/mol. The van der Waals surface area contributed by atoms with Gasteiger partial charge in [-0.05, 0) is 43.2 Å². The number of nitrogens with zero attached hydrogens (tertiary/aromatic N) is 1. The molecule has 3 aromatic rings. The molecule has 0 saturated heterocycles. The maximum Gasteiger partial charge on any atom is 0.418 e. The number of aromatic nitrogens is 1. The van der Waals surface area contributed by atoms with Crippen molar-refractivity contribution in [3.63, 3.8) is 0 Å². The lowest BCUT2D eigenvalue weighted by atomic mass is 10.1. The fraction of sp³-hybridized carbons (Fsp3) is 0.167. The third-order valence-electron chi connectivity index (χ3n) is 3.95. The van der Waals surface area contributed by atoms with Gasteiger partial charge in [-0.2, -0.15) is 13.2 Å². The molecule has 0 atom stereocenters. The summed E-state index contributed by atoms with van der Waals surface area (Å²) >= 11 is 0. The Bertz CT molecular complexity index is 870. The molecule has 2 aromatic carbocycles. The number of fused-ring (bicyclic) bond motifs is 1. The second kappa shape index (κ2) is 5.57. The van der Waals surface area contributed by atoms with E-state index in [0.717, 1.165) is 22.9 Å². The van der Waals surface area contributed by atoms with Gasteiger partial charge in [-0.3, -0.25) is 4.98 Å². The lowest BCUT2D eigenvalue weighted by Crippen LogP contribution is -2.07. The van der Waals surface area contributed by atoms with Gasteiger partial charge in [-0.15, -0.1) is 0 Å². The van der Waals surface area contributed by atoms with Gasteiger partial charge in [0.2, 0.25) is 0 Å². The highest BCUT2D eigenvalue weighted by molar-refractivity contribution is 5.95. The van der Waals surface area contributed by atoms with E-state index in [1.54, 1.807) is 12.1 Å². The minimum absolute atomic E-state index is 0.0460. The van der Waals surface area contributed by atoms with Crippen LogP contribution >= 0.6 is 0 Å². The molecule has 0 amide bonds. The third kappa shape index (κ3) is 2.86. The molecule has 0 aliphatic heterocycles. The van der Waals surface area contributed by atoms with Crippen LogP contribution in [0.4, 0.5) is 24.5 Å². The summed E-state index contributed by atoms with van der Waals surface area (Å²) < 4.78 is 39.4. The van der Waals surface area contributed by atoms with E-state index in [1.807, 2.05) is 32.0 Å². The number of anilines is 2. The van der Waals surface area contributed by atoms with Crippen molar-refractivity contribution in [3.8, 4) is 0 Å². The number of pyridine rings is 1.